The Bertz CT molecular complexity index is 958. The van der Waals surface area contributed by atoms with Gasteiger partial charge in [0.2, 0.25) is 11.8 Å². The van der Waals surface area contributed by atoms with Crippen LogP contribution < -0.4 is 16.4 Å². The van der Waals surface area contributed by atoms with Crippen LogP contribution in [0.15, 0.2) is 48.5 Å². The highest BCUT2D eigenvalue weighted by Crippen LogP contribution is 2.18. The van der Waals surface area contributed by atoms with E-state index >= 15 is 0 Å². The predicted octanol–water partition coefficient (Wildman–Crippen LogP) is 3.15. The second-order valence-corrected chi connectivity index (χ2v) is 8.84. The van der Waals surface area contributed by atoms with E-state index in [1.165, 1.54) is 6.08 Å². The molecule has 1 heterocycles. The smallest absolute Gasteiger partial charge is 0.244 e. The monoisotopic (exact) mass is 474 g/mol. The maximum atomic E-state index is 13.0. The van der Waals surface area contributed by atoms with Crippen LogP contribution in [0, 0.1) is 6.92 Å². The number of hydrogen-bond acceptors (Lipinski definition) is 4. The minimum absolute atomic E-state index is 0.0402. The first-order valence-corrected chi connectivity index (χ1v) is 11.3. The van der Waals surface area contributed by atoms with Crippen LogP contribution in [0.25, 0.3) is 6.08 Å². The third-order valence-electron chi connectivity index (χ3n) is 5.33. The van der Waals surface area contributed by atoms with Crippen LogP contribution in [0.1, 0.15) is 23.1 Å². The van der Waals surface area contributed by atoms with Crippen molar-refractivity contribution in [2.75, 3.05) is 19.6 Å². The molecule has 1 fully saturated rings. The SMILES string of the molecule is Cc1cc(Cl)cc(CN2CCC(CNC(=O)/C=C/c3ccc(Cl)cc3)NC(CN)C2=O)c1. The van der Waals surface area contributed by atoms with E-state index in [2.05, 4.69) is 10.6 Å². The Hall–Kier alpha value is -2.38. The normalized spacial score (nSPS) is 19.2. The van der Waals surface area contributed by atoms with Crippen molar-refractivity contribution in [3.63, 3.8) is 0 Å². The fourth-order valence-corrected chi connectivity index (χ4v) is 4.16. The van der Waals surface area contributed by atoms with Crippen LogP contribution in [-0.4, -0.2) is 48.4 Å². The summed E-state index contributed by atoms with van der Waals surface area (Å²) in [7, 11) is 0. The summed E-state index contributed by atoms with van der Waals surface area (Å²) < 4.78 is 0. The molecule has 0 aliphatic carbocycles. The fourth-order valence-electron chi connectivity index (χ4n) is 3.72. The molecule has 2 atom stereocenters. The van der Waals surface area contributed by atoms with Gasteiger partial charge in [-0.25, -0.2) is 0 Å². The molecule has 1 aliphatic rings. The molecule has 0 radical (unpaired) electrons. The molecule has 3 rings (SSSR count). The lowest BCUT2D eigenvalue weighted by molar-refractivity contribution is -0.133. The zero-order chi connectivity index (χ0) is 23.1. The van der Waals surface area contributed by atoms with Crippen LogP contribution >= 0.6 is 23.2 Å². The van der Waals surface area contributed by atoms with Crippen molar-refractivity contribution in [1.29, 1.82) is 0 Å². The lowest BCUT2D eigenvalue weighted by atomic mass is 10.1. The third-order valence-corrected chi connectivity index (χ3v) is 5.80. The Balaban J connectivity index is 1.57. The highest BCUT2D eigenvalue weighted by atomic mass is 35.5. The number of amides is 2. The molecule has 4 N–H and O–H groups in total. The number of hydrogen-bond donors (Lipinski definition) is 3. The molecule has 2 aromatic carbocycles. The summed E-state index contributed by atoms with van der Waals surface area (Å²) >= 11 is 12.0. The van der Waals surface area contributed by atoms with Gasteiger partial charge in [-0.3, -0.25) is 9.59 Å². The molecule has 0 bridgehead atoms. The van der Waals surface area contributed by atoms with Gasteiger partial charge >= 0.3 is 0 Å². The van der Waals surface area contributed by atoms with Crippen molar-refractivity contribution >= 4 is 41.1 Å². The lowest BCUT2D eigenvalue weighted by Crippen LogP contribution is -2.51. The van der Waals surface area contributed by atoms with Crippen LogP contribution in [0.3, 0.4) is 0 Å². The Morgan fingerprint density at radius 3 is 2.66 bits per heavy atom. The number of carbonyl (C=O) groups is 2. The minimum Gasteiger partial charge on any atom is -0.351 e. The van der Waals surface area contributed by atoms with Gasteiger partial charge < -0.3 is 21.3 Å². The number of rotatable bonds is 7. The highest BCUT2D eigenvalue weighted by Gasteiger charge is 2.30. The first-order valence-electron chi connectivity index (χ1n) is 10.6. The molecule has 8 heteroatoms. The van der Waals surface area contributed by atoms with Crippen molar-refractivity contribution in [3.05, 3.63) is 75.3 Å². The van der Waals surface area contributed by atoms with E-state index in [0.717, 1.165) is 16.7 Å². The predicted molar refractivity (Wildman–Crippen MR) is 129 cm³/mol. The maximum absolute atomic E-state index is 13.0. The topological polar surface area (TPSA) is 87.5 Å². The van der Waals surface area contributed by atoms with E-state index in [9.17, 15) is 9.59 Å². The summed E-state index contributed by atoms with van der Waals surface area (Å²) in [6.07, 6.45) is 3.91. The molecule has 32 heavy (non-hydrogen) atoms. The molecular weight excluding hydrogens is 447 g/mol. The molecule has 0 spiro atoms. The summed E-state index contributed by atoms with van der Waals surface area (Å²) in [6, 6.07) is 12.5. The second-order valence-electron chi connectivity index (χ2n) is 7.97. The quantitative estimate of drug-likeness (QED) is 0.537. The average Bonchev–Trinajstić information content (AvgIpc) is 2.90. The molecule has 170 valence electrons. The van der Waals surface area contributed by atoms with Crippen molar-refractivity contribution in [2.24, 2.45) is 5.73 Å². The minimum atomic E-state index is -0.496. The second kappa shape index (κ2) is 11.5. The number of nitrogens with two attached hydrogens (primary N) is 1. The van der Waals surface area contributed by atoms with Crippen molar-refractivity contribution in [3.8, 4) is 0 Å². The van der Waals surface area contributed by atoms with Gasteiger partial charge in [-0.1, -0.05) is 41.4 Å². The molecule has 0 saturated carbocycles. The van der Waals surface area contributed by atoms with Crippen LogP contribution in [-0.2, 0) is 16.1 Å². The van der Waals surface area contributed by atoms with Gasteiger partial charge in [0.1, 0.15) is 0 Å². The first-order chi connectivity index (χ1) is 15.3. The molecule has 0 aromatic heterocycles. The van der Waals surface area contributed by atoms with E-state index < -0.39 is 6.04 Å². The Morgan fingerprint density at radius 1 is 1.22 bits per heavy atom. The van der Waals surface area contributed by atoms with Gasteiger partial charge in [0.05, 0.1) is 6.04 Å². The van der Waals surface area contributed by atoms with Gasteiger partial charge in [-0.2, -0.15) is 0 Å². The number of carbonyl (C=O) groups excluding carboxylic acids is 2. The third kappa shape index (κ3) is 7.07. The van der Waals surface area contributed by atoms with Gasteiger partial charge in [-0.05, 0) is 60.4 Å². The molecule has 1 aliphatic heterocycles. The Labute approximate surface area is 198 Å². The zero-order valence-electron chi connectivity index (χ0n) is 18.0. The van der Waals surface area contributed by atoms with Crippen molar-refractivity contribution < 1.29 is 9.59 Å². The van der Waals surface area contributed by atoms with Gasteiger partial charge in [0, 0.05) is 48.3 Å². The van der Waals surface area contributed by atoms with Gasteiger partial charge in [0.25, 0.3) is 0 Å². The van der Waals surface area contributed by atoms with Crippen LogP contribution in [0.5, 0.6) is 0 Å². The molecule has 6 nitrogen and oxygen atoms in total. The first kappa shape index (κ1) is 24.3. The number of halogens is 2. The number of nitrogens with one attached hydrogen (secondary N) is 2. The summed E-state index contributed by atoms with van der Waals surface area (Å²) in [5.74, 6) is -0.241. The van der Waals surface area contributed by atoms with E-state index in [0.29, 0.717) is 36.1 Å². The van der Waals surface area contributed by atoms with E-state index in [4.69, 9.17) is 28.9 Å². The largest absolute Gasteiger partial charge is 0.351 e. The molecule has 1 saturated heterocycles. The highest BCUT2D eigenvalue weighted by molar-refractivity contribution is 6.30. The number of benzene rings is 2. The molecule has 2 unspecified atom stereocenters. The van der Waals surface area contributed by atoms with Crippen LogP contribution in [0.4, 0.5) is 0 Å². The number of aryl methyl sites for hydroxylation is 1. The molecular formula is C24H28Cl2N4O2. The van der Waals surface area contributed by atoms with E-state index in [1.807, 2.05) is 37.3 Å². The van der Waals surface area contributed by atoms with Gasteiger partial charge in [-0.15, -0.1) is 0 Å². The Morgan fingerprint density at radius 2 is 1.97 bits per heavy atom. The average molecular weight is 475 g/mol. The molecule has 2 aromatic rings. The number of nitrogens with zero attached hydrogens (tertiary/aromatic N) is 1. The summed E-state index contributed by atoms with van der Waals surface area (Å²) in [5, 5.41) is 7.50. The zero-order valence-corrected chi connectivity index (χ0v) is 19.5. The van der Waals surface area contributed by atoms with E-state index in [-0.39, 0.29) is 24.4 Å². The van der Waals surface area contributed by atoms with Crippen molar-refractivity contribution in [1.82, 2.24) is 15.5 Å². The summed E-state index contributed by atoms with van der Waals surface area (Å²) in [5.41, 5.74) is 8.79. The lowest BCUT2D eigenvalue weighted by Gasteiger charge is -2.24. The van der Waals surface area contributed by atoms with Gasteiger partial charge in [0.15, 0.2) is 0 Å². The maximum Gasteiger partial charge on any atom is 0.244 e. The molecule has 2 amide bonds. The Kier molecular flexibility index (Phi) is 8.70. The van der Waals surface area contributed by atoms with Crippen molar-refractivity contribution in [2.45, 2.75) is 32.0 Å². The van der Waals surface area contributed by atoms with Crippen LogP contribution in [0.2, 0.25) is 10.0 Å². The summed E-state index contributed by atoms with van der Waals surface area (Å²) in [4.78, 5) is 27.0. The fraction of sp³-hybridized carbons (Fsp3) is 0.333. The standard InChI is InChI=1S/C24H28Cl2N4O2/c1-16-10-18(12-20(26)11-16)15-30-9-8-21(29-22(13-27)24(30)32)14-28-23(31)7-4-17-2-5-19(25)6-3-17/h2-7,10-12,21-22,29H,8-9,13-15,27H2,1H3,(H,28,31)/b7-4+. The summed E-state index contributed by atoms with van der Waals surface area (Å²) in [6.45, 7) is 3.60. The van der Waals surface area contributed by atoms with E-state index in [1.54, 1.807) is 23.1 Å².